The van der Waals surface area contributed by atoms with Crippen molar-refractivity contribution >= 4 is 18.0 Å². The number of rotatable bonds is 5. The molecule has 150 valence electrons. The summed E-state index contributed by atoms with van der Waals surface area (Å²) in [5, 5.41) is 0. The van der Waals surface area contributed by atoms with Gasteiger partial charge in [0.1, 0.15) is 17.7 Å². The number of methoxy groups -OCH3 is 1. The van der Waals surface area contributed by atoms with Crippen LogP contribution in [0.5, 0.6) is 0 Å². The molecule has 1 aliphatic heterocycles. The van der Waals surface area contributed by atoms with Crippen LogP contribution in [0.2, 0.25) is 0 Å². The Morgan fingerprint density at radius 1 is 1.19 bits per heavy atom. The fraction of sp³-hybridized carbons (Fsp3) is 0.842. The van der Waals surface area contributed by atoms with Crippen molar-refractivity contribution in [2.75, 3.05) is 20.7 Å². The molecule has 0 bridgehead atoms. The number of carbonyl (C=O) groups is 3. The third-order valence-electron chi connectivity index (χ3n) is 4.39. The molecule has 26 heavy (non-hydrogen) atoms. The summed E-state index contributed by atoms with van der Waals surface area (Å²) in [4.78, 5) is 40.8. The van der Waals surface area contributed by atoms with Crippen LogP contribution < -0.4 is 0 Å². The van der Waals surface area contributed by atoms with E-state index in [0.717, 1.165) is 12.8 Å². The molecule has 1 rings (SSSR count). The number of amides is 2. The summed E-state index contributed by atoms with van der Waals surface area (Å²) in [5.41, 5.74) is -0.642. The molecule has 0 saturated carbocycles. The van der Waals surface area contributed by atoms with Crippen LogP contribution in [0.4, 0.5) is 4.79 Å². The van der Waals surface area contributed by atoms with Crippen LogP contribution in [0.1, 0.15) is 60.3 Å². The quantitative estimate of drug-likeness (QED) is 0.696. The minimum absolute atomic E-state index is 0.204. The molecule has 0 aliphatic carbocycles. The number of ether oxygens (including phenoxy) is 2. The largest absolute Gasteiger partial charge is 0.467 e. The van der Waals surface area contributed by atoms with Gasteiger partial charge in [0, 0.05) is 13.6 Å². The molecular formula is C19H34N2O5. The van der Waals surface area contributed by atoms with Crippen LogP contribution in [-0.2, 0) is 19.1 Å². The molecule has 2 amide bonds. The average Bonchev–Trinajstić information content (AvgIpc) is 2.56. The highest BCUT2D eigenvalue weighted by molar-refractivity contribution is 5.90. The van der Waals surface area contributed by atoms with Gasteiger partial charge in [-0.15, -0.1) is 0 Å². The highest BCUT2D eigenvalue weighted by Gasteiger charge is 2.39. The standard InChI is InChI=1S/C19H34N2O5/c1-13(2)12-15(20(6)18(24)26-19(3,4)5)16(22)21-11-9-8-10-14(21)17(23)25-7/h13-15H,8-12H2,1-7H3/t14-,15+/m1/s1. The maximum atomic E-state index is 13.2. The summed E-state index contributed by atoms with van der Waals surface area (Å²) < 4.78 is 10.3. The molecule has 0 aromatic heterocycles. The molecule has 7 heteroatoms. The van der Waals surface area contributed by atoms with Gasteiger partial charge in [0.15, 0.2) is 0 Å². The summed E-state index contributed by atoms with van der Waals surface area (Å²) >= 11 is 0. The van der Waals surface area contributed by atoms with Gasteiger partial charge in [-0.2, -0.15) is 0 Å². The van der Waals surface area contributed by atoms with Crippen molar-refractivity contribution in [3.8, 4) is 0 Å². The van der Waals surface area contributed by atoms with Gasteiger partial charge in [0.2, 0.25) is 5.91 Å². The summed E-state index contributed by atoms with van der Waals surface area (Å²) in [5.74, 6) is -0.418. The fourth-order valence-electron chi connectivity index (χ4n) is 3.10. The second kappa shape index (κ2) is 9.24. The zero-order valence-electron chi connectivity index (χ0n) is 17.2. The lowest BCUT2D eigenvalue weighted by Crippen LogP contribution is -2.56. The maximum Gasteiger partial charge on any atom is 0.410 e. The van der Waals surface area contributed by atoms with Crippen molar-refractivity contribution in [3.63, 3.8) is 0 Å². The SMILES string of the molecule is COC(=O)[C@H]1CCCCN1C(=O)[C@H](CC(C)C)N(C)C(=O)OC(C)(C)C. The molecule has 1 aliphatic rings. The van der Waals surface area contributed by atoms with Crippen LogP contribution >= 0.6 is 0 Å². The molecule has 2 atom stereocenters. The first-order chi connectivity index (χ1) is 12.0. The molecule has 0 aromatic rings. The fourth-order valence-corrected chi connectivity index (χ4v) is 3.10. The molecule has 0 radical (unpaired) electrons. The van der Waals surface area contributed by atoms with Crippen LogP contribution in [-0.4, -0.2) is 66.2 Å². The summed E-state index contributed by atoms with van der Waals surface area (Å²) in [6, 6.07) is -1.25. The van der Waals surface area contributed by atoms with Crippen molar-refractivity contribution in [1.82, 2.24) is 9.80 Å². The molecule has 0 N–H and O–H groups in total. The van der Waals surface area contributed by atoms with Crippen LogP contribution in [0.25, 0.3) is 0 Å². The van der Waals surface area contributed by atoms with Gasteiger partial charge in [-0.1, -0.05) is 13.8 Å². The van der Waals surface area contributed by atoms with Gasteiger partial charge in [0.05, 0.1) is 7.11 Å². The van der Waals surface area contributed by atoms with Crippen LogP contribution in [0.15, 0.2) is 0 Å². The normalized spacial score (nSPS) is 19.1. The van der Waals surface area contributed by atoms with Gasteiger partial charge in [-0.05, 0) is 52.4 Å². The molecule has 0 unspecified atom stereocenters. The van der Waals surface area contributed by atoms with Gasteiger partial charge in [-0.3, -0.25) is 9.69 Å². The summed E-state index contributed by atoms with van der Waals surface area (Å²) in [7, 11) is 2.91. The van der Waals surface area contributed by atoms with E-state index in [4.69, 9.17) is 9.47 Å². The van der Waals surface area contributed by atoms with E-state index in [2.05, 4.69) is 0 Å². The number of nitrogens with zero attached hydrogens (tertiary/aromatic N) is 2. The Kier molecular flexibility index (Phi) is 7.90. The number of carbonyl (C=O) groups excluding carboxylic acids is 3. The third-order valence-corrected chi connectivity index (χ3v) is 4.39. The number of likely N-dealkylation sites (tertiary alicyclic amines) is 1. The van der Waals surface area contributed by atoms with E-state index in [1.165, 1.54) is 12.0 Å². The Labute approximate surface area is 157 Å². The lowest BCUT2D eigenvalue weighted by atomic mass is 9.97. The van der Waals surface area contributed by atoms with E-state index in [0.29, 0.717) is 19.4 Å². The number of likely N-dealkylation sites (N-methyl/N-ethyl adjacent to an activating group) is 1. The van der Waals surface area contributed by atoms with E-state index >= 15 is 0 Å². The number of hydrogen-bond acceptors (Lipinski definition) is 5. The van der Waals surface area contributed by atoms with Crippen molar-refractivity contribution in [1.29, 1.82) is 0 Å². The zero-order valence-corrected chi connectivity index (χ0v) is 17.2. The maximum absolute atomic E-state index is 13.2. The Hall–Kier alpha value is -1.79. The van der Waals surface area contributed by atoms with Crippen molar-refractivity contribution < 1.29 is 23.9 Å². The van der Waals surface area contributed by atoms with Crippen molar-refractivity contribution in [3.05, 3.63) is 0 Å². The molecule has 0 aromatic carbocycles. The smallest absolute Gasteiger partial charge is 0.410 e. The Morgan fingerprint density at radius 2 is 1.81 bits per heavy atom. The first-order valence-electron chi connectivity index (χ1n) is 9.32. The van der Waals surface area contributed by atoms with E-state index in [-0.39, 0.29) is 11.8 Å². The van der Waals surface area contributed by atoms with Gasteiger partial charge in [0.25, 0.3) is 0 Å². The summed E-state index contributed by atoms with van der Waals surface area (Å²) in [6.45, 7) is 9.85. The molecule has 7 nitrogen and oxygen atoms in total. The van der Waals surface area contributed by atoms with Crippen molar-refractivity contribution in [2.24, 2.45) is 5.92 Å². The number of hydrogen-bond donors (Lipinski definition) is 0. The molecule has 1 heterocycles. The molecule has 1 saturated heterocycles. The second-order valence-electron chi connectivity index (χ2n) is 8.30. The predicted octanol–water partition coefficient (Wildman–Crippen LogP) is 2.82. The first-order valence-corrected chi connectivity index (χ1v) is 9.32. The van der Waals surface area contributed by atoms with Crippen LogP contribution in [0, 0.1) is 5.92 Å². The minimum Gasteiger partial charge on any atom is -0.467 e. The topological polar surface area (TPSA) is 76.2 Å². The molecular weight excluding hydrogens is 336 g/mol. The number of esters is 1. The number of piperidine rings is 1. The van der Waals surface area contributed by atoms with Crippen LogP contribution in [0.3, 0.4) is 0 Å². The lowest BCUT2D eigenvalue weighted by Gasteiger charge is -2.39. The monoisotopic (exact) mass is 370 g/mol. The average molecular weight is 370 g/mol. The second-order valence-corrected chi connectivity index (χ2v) is 8.30. The van der Waals surface area contributed by atoms with Crippen molar-refractivity contribution in [2.45, 2.75) is 78.0 Å². The highest BCUT2D eigenvalue weighted by Crippen LogP contribution is 2.23. The highest BCUT2D eigenvalue weighted by atomic mass is 16.6. The van der Waals surface area contributed by atoms with E-state index in [1.54, 1.807) is 32.7 Å². The predicted molar refractivity (Wildman–Crippen MR) is 98.6 cm³/mol. The van der Waals surface area contributed by atoms with Gasteiger partial charge >= 0.3 is 12.1 Å². The summed E-state index contributed by atoms with van der Waals surface area (Å²) in [6.07, 6.45) is 2.26. The Morgan fingerprint density at radius 3 is 2.31 bits per heavy atom. The van der Waals surface area contributed by atoms with Gasteiger partial charge < -0.3 is 14.4 Å². The van der Waals surface area contributed by atoms with E-state index in [1.807, 2.05) is 13.8 Å². The zero-order chi connectivity index (χ0) is 20.1. The Bertz CT molecular complexity index is 513. The molecule has 1 fully saturated rings. The third kappa shape index (κ3) is 6.18. The van der Waals surface area contributed by atoms with E-state index < -0.39 is 29.7 Å². The lowest BCUT2D eigenvalue weighted by molar-refractivity contribution is -0.156. The molecule has 0 spiro atoms. The van der Waals surface area contributed by atoms with Gasteiger partial charge in [-0.25, -0.2) is 9.59 Å². The minimum atomic E-state index is -0.671. The first kappa shape index (κ1) is 22.3. The van der Waals surface area contributed by atoms with E-state index in [9.17, 15) is 14.4 Å². The Balaban J connectivity index is 3.04.